The Morgan fingerprint density at radius 1 is 1.10 bits per heavy atom. The van der Waals surface area contributed by atoms with Crippen LogP contribution in [0, 0.1) is 5.82 Å². The summed E-state index contributed by atoms with van der Waals surface area (Å²) in [4.78, 5) is 16.6. The van der Waals surface area contributed by atoms with Crippen LogP contribution in [-0.4, -0.2) is 33.0 Å². The standard InChI is InChI=1S/C21H19FN2O4S/c1-28-19-7-3-2-6-18(19)21(25)24-14-20(15-5-4-12-23-13-15)29(26,27)17-10-8-16(22)9-11-17/h2-13,20H,14H2,1H3,(H,24,25). The molecule has 2 aromatic carbocycles. The number of aromatic nitrogens is 1. The lowest BCUT2D eigenvalue weighted by Crippen LogP contribution is -2.32. The van der Waals surface area contributed by atoms with Gasteiger partial charge in [-0.15, -0.1) is 0 Å². The van der Waals surface area contributed by atoms with E-state index in [1.54, 1.807) is 36.4 Å². The summed E-state index contributed by atoms with van der Waals surface area (Å²) in [6.07, 6.45) is 2.96. The third-order valence-corrected chi connectivity index (χ3v) is 6.49. The second kappa shape index (κ2) is 8.83. The molecule has 1 N–H and O–H groups in total. The van der Waals surface area contributed by atoms with Crippen LogP contribution < -0.4 is 10.1 Å². The SMILES string of the molecule is COc1ccccc1C(=O)NCC(c1cccnc1)S(=O)(=O)c1ccc(F)cc1. The molecule has 8 heteroatoms. The number of nitrogens with zero attached hydrogens (tertiary/aromatic N) is 1. The van der Waals surface area contributed by atoms with Crippen LogP contribution in [0.2, 0.25) is 0 Å². The first-order valence-corrected chi connectivity index (χ1v) is 10.3. The van der Waals surface area contributed by atoms with Crippen molar-refractivity contribution in [1.29, 1.82) is 0 Å². The third-order valence-electron chi connectivity index (χ3n) is 4.37. The van der Waals surface area contributed by atoms with Crippen LogP contribution >= 0.6 is 0 Å². The van der Waals surface area contributed by atoms with Gasteiger partial charge in [0.1, 0.15) is 16.8 Å². The van der Waals surface area contributed by atoms with Gasteiger partial charge in [-0.25, -0.2) is 12.8 Å². The van der Waals surface area contributed by atoms with E-state index >= 15 is 0 Å². The van der Waals surface area contributed by atoms with Crippen molar-refractivity contribution in [1.82, 2.24) is 10.3 Å². The Bertz CT molecular complexity index is 1090. The Labute approximate surface area is 168 Å². The molecule has 3 aromatic rings. The highest BCUT2D eigenvalue weighted by molar-refractivity contribution is 7.91. The number of benzene rings is 2. The zero-order chi connectivity index (χ0) is 20.9. The Morgan fingerprint density at radius 2 is 1.83 bits per heavy atom. The molecule has 3 rings (SSSR count). The number of methoxy groups -OCH3 is 1. The van der Waals surface area contributed by atoms with E-state index in [4.69, 9.17) is 4.74 Å². The van der Waals surface area contributed by atoms with Gasteiger partial charge in [0.25, 0.3) is 5.91 Å². The predicted octanol–water partition coefficient (Wildman–Crippen LogP) is 3.17. The number of halogens is 1. The molecule has 0 saturated carbocycles. The molecule has 1 heterocycles. The van der Waals surface area contributed by atoms with Crippen LogP contribution in [0.1, 0.15) is 21.2 Å². The number of rotatable bonds is 7. The van der Waals surface area contributed by atoms with Gasteiger partial charge in [-0.05, 0) is 48.0 Å². The van der Waals surface area contributed by atoms with Crippen molar-refractivity contribution < 1.29 is 22.3 Å². The molecule has 0 bridgehead atoms. The number of para-hydroxylation sites is 1. The smallest absolute Gasteiger partial charge is 0.255 e. The number of ether oxygens (including phenoxy) is 1. The first-order chi connectivity index (χ1) is 13.9. The summed E-state index contributed by atoms with van der Waals surface area (Å²) in [5, 5.41) is 1.56. The molecule has 0 fully saturated rings. The number of carbonyl (C=O) groups excluding carboxylic acids is 1. The minimum absolute atomic E-state index is 0.0423. The lowest BCUT2D eigenvalue weighted by Gasteiger charge is -2.19. The number of hydrogen-bond acceptors (Lipinski definition) is 5. The van der Waals surface area contributed by atoms with Gasteiger partial charge < -0.3 is 10.1 Å². The molecule has 1 aromatic heterocycles. The maximum absolute atomic E-state index is 13.2. The summed E-state index contributed by atoms with van der Waals surface area (Å²) in [6.45, 7) is -0.192. The van der Waals surface area contributed by atoms with Gasteiger partial charge in [0.05, 0.1) is 17.6 Å². The monoisotopic (exact) mass is 414 g/mol. The summed E-state index contributed by atoms with van der Waals surface area (Å²) in [5.41, 5.74) is 0.705. The second-order valence-electron chi connectivity index (χ2n) is 6.18. The molecule has 0 aliphatic heterocycles. The van der Waals surface area contributed by atoms with Crippen molar-refractivity contribution in [3.05, 3.63) is 90.0 Å². The average molecular weight is 414 g/mol. The van der Waals surface area contributed by atoms with Crippen molar-refractivity contribution in [3.8, 4) is 5.75 Å². The van der Waals surface area contributed by atoms with E-state index in [2.05, 4.69) is 10.3 Å². The molecule has 1 atom stereocenters. The molecular weight excluding hydrogens is 395 g/mol. The van der Waals surface area contributed by atoms with Crippen molar-refractivity contribution in [2.45, 2.75) is 10.1 Å². The number of amides is 1. The van der Waals surface area contributed by atoms with Crippen molar-refractivity contribution in [2.24, 2.45) is 0 Å². The Hall–Kier alpha value is -3.26. The predicted molar refractivity (Wildman–Crippen MR) is 106 cm³/mol. The number of pyridine rings is 1. The van der Waals surface area contributed by atoms with Crippen LogP contribution in [0.5, 0.6) is 5.75 Å². The third kappa shape index (κ3) is 4.60. The van der Waals surface area contributed by atoms with E-state index in [-0.39, 0.29) is 11.4 Å². The fraction of sp³-hybridized carbons (Fsp3) is 0.143. The first kappa shape index (κ1) is 20.5. The van der Waals surface area contributed by atoms with E-state index in [0.717, 1.165) is 12.1 Å². The number of carbonyl (C=O) groups is 1. The molecule has 0 spiro atoms. The van der Waals surface area contributed by atoms with Crippen LogP contribution in [0.4, 0.5) is 4.39 Å². The zero-order valence-corrected chi connectivity index (χ0v) is 16.4. The minimum Gasteiger partial charge on any atom is -0.496 e. The van der Waals surface area contributed by atoms with E-state index in [1.807, 2.05) is 0 Å². The fourth-order valence-electron chi connectivity index (χ4n) is 2.87. The first-order valence-electron chi connectivity index (χ1n) is 8.74. The van der Waals surface area contributed by atoms with Gasteiger partial charge >= 0.3 is 0 Å². The van der Waals surface area contributed by atoms with Crippen LogP contribution in [-0.2, 0) is 9.84 Å². The molecule has 150 valence electrons. The largest absolute Gasteiger partial charge is 0.496 e. The van der Waals surface area contributed by atoms with E-state index in [0.29, 0.717) is 16.9 Å². The Balaban J connectivity index is 1.91. The molecule has 0 aliphatic carbocycles. The summed E-state index contributed by atoms with van der Waals surface area (Å²) in [6, 6.07) is 14.5. The number of sulfone groups is 1. The number of nitrogens with one attached hydrogen (secondary N) is 1. The Kier molecular flexibility index (Phi) is 6.23. The molecule has 1 amide bonds. The minimum atomic E-state index is -3.92. The molecule has 0 aliphatic rings. The highest BCUT2D eigenvalue weighted by Crippen LogP contribution is 2.28. The van der Waals surface area contributed by atoms with Crippen LogP contribution in [0.15, 0.2) is 78.0 Å². The van der Waals surface area contributed by atoms with Gasteiger partial charge in [0, 0.05) is 18.9 Å². The average Bonchev–Trinajstić information content (AvgIpc) is 2.74. The maximum Gasteiger partial charge on any atom is 0.255 e. The summed E-state index contributed by atoms with van der Waals surface area (Å²) < 4.78 is 44.8. The number of hydrogen-bond donors (Lipinski definition) is 1. The summed E-state index contributed by atoms with van der Waals surface area (Å²) in [5.74, 6) is -0.624. The van der Waals surface area contributed by atoms with E-state index in [1.165, 1.54) is 31.6 Å². The summed E-state index contributed by atoms with van der Waals surface area (Å²) in [7, 11) is -2.47. The van der Waals surface area contributed by atoms with Gasteiger partial charge in [0.2, 0.25) is 0 Å². The lowest BCUT2D eigenvalue weighted by atomic mass is 10.1. The van der Waals surface area contributed by atoms with Crippen molar-refractivity contribution in [2.75, 3.05) is 13.7 Å². The van der Waals surface area contributed by atoms with Crippen molar-refractivity contribution in [3.63, 3.8) is 0 Å². The zero-order valence-electron chi connectivity index (χ0n) is 15.6. The molecule has 0 radical (unpaired) electrons. The van der Waals surface area contributed by atoms with Gasteiger partial charge in [-0.3, -0.25) is 9.78 Å². The van der Waals surface area contributed by atoms with Crippen LogP contribution in [0.25, 0.3) is 0 Å². The quantitative estimate of drug-likeness (QED) is 0.600. The highest BCUT2D eigenvalue weighted by Gasteiger charge is 2.30. The normalized spacial score (nSPS) is 12.2. The van der Waals surface area contributed by atoms with E-state index < -0.39 is 26.8 Å². The maximum atomic E-state index is 13.2. The van der Waals surface area contributed by atoms with Crippen molar-refractivity contribution >= 4 is 15.7 Å². The van der Waals surface area contributed by atoms with E-state index in [9.17, 15) is 17.6 Å². The van der Waals surface area contributed by atoms with Gasteiger partial charge in [0.15, 0.2) is 9.84 Å². The summed E-state index contributed by atoms with van der Waals surface area (Å²) >= 11 is 0. The fourth-order valence-corrected chi connectivity index (χ4v) is 4.52. The lowest BCUT2D eigenvalue weighted by molar-refractivity contribution is 0.0950. The highest BCUT2D eigenvalue weighted by atomic mass is 32.2. The molecule has 29 heavy (non-hydrogen) atoms. The Morgan fingerprint density at radius 3 is 2.48 bits per heavy atom. The molecule has 0 saturated heterocycles. The molecular formula is C21H19FN2O4S. The second-order valence-corrected chi connectivity index (χ2v) is 8.31. The van der Waals surface area contributed by atoms with Gasteiger partial charge in [-0.2, -0.15) is 0 Å². The van der Waals surface area contributed by atoms with Crippen LogP contribution in [0.3, 0.4) is 0 Å². The molecule has 6 nitrogen and oxygen atoms in total. The van der Waals surface area contributed by atoms with Gasteiger partial charge in [-0.1, -0.05) is 18.2 Å². The topological polar surface area (TPSA) is 85.4 Å². The molecule has 1 unspecified atom stereocenters.